The van der Waals surface area contributed by atoms with Crippen LogP contribution in [0, 0.1) is 0 Å². The highest BCUT2D eigenvalue weighted by Crippen LogP contribution is 2.20. The Balaban J connectivity index is 2.34. The largest absolute Gasteiger partial charge is 0.240 e. The highest BCUT2D eigenvalue weighted by Gasteiger charge is 2.17. The van der Waals surface area contributed by atoms with Crippen molar-refractivity contribution in [1.82, 2.24) is 9.71 Å². The minimum Gasteiger partial charge on any atom is -0.236 e. The molecule has 0 bridgehead atoms. The van der Waals surface area contributed by atoms with Gasteiger partial charge in [-0.05, 0) is 43.7 Å². The van der Waals surface area contributed by atoms with E-state index in [9.17, 15) is 8.42 Å². The van der Waals surface area contributed by atoms with Gasteiger partial charge in [0.15, 0.2) is 0 Å². The first-order valence-electron chi connectivity index (χ1n) is 6.51. The van der Waals surface area contributed by atoms with Crippen LogP contribution in [-0.2, 0) is 10.0 Å². The van der Waals surface area contributed by atoms with Crippen LogP contribution in [-0.4, -0.2) is 19.4 Å². The van der Waals surface area contributed by atoms with Crippen molar-refractivity contribution in [1.29, 1.82) is 0 Å². The first-order valence-corrected chi connectivity index (χ1v) is 8.37. The topological polar surface area (TPSA) is 59.1 Å². The summed E-state index contributed by atoms with van der Waals surface area (Å²) in [7, 11) is -3.49. The molecule has 6 heteroatoms. The minimum absolute atomic E-state index is 0.0796. The summed E-state index contributed by atoms with van der Waals surface area (Å²) in [6.07, 6.45) is 1.74. The third-order valence-electron chi connectivity index (χ3n) is 3.02. The zero-order chi connectivity index (χ0) is 14.8. The molecule has 0 radical (unpaired) electrons. The van der Waals surface area contributed by atoms with E-state index in [0.717, 1.165) is 18.2 Å². The molecule has 0 aliphatic carbocycles. The lowest BCUT2D eigenvalue weighted by molar-refractivity contribution is 0.544. The molecule has 0 saturated carbocycles. The van der Waals surface area contributed by atoms with E-state index in [1.54, 1.807) is 30.3 Å². The van der Waals surface area contributed by atoms with Gasteiger partial charge in [-0.15, -0.1) is 0 Å². The lowest BCUT2D eigenvalue weighted by atomic mass is 10.2. The lowest BCUT2D eigenvalue weighted by Crippen LogP contribution is -2.32. The summed E-state index contributed by atoms with van der Waals surface area (Å²) in [6.45, 7) is 3.89. The third-order valence-corrected chi connectivity index (χ3v) is 4.81. The maximum atomic E-state index is 12.3. The van der Waals surface area contributed by atoms with Crippen molar-refractivity contribution < 1.29 is 8.42 Å². The second-order valence-corrected chi connectivity index (χ2v) is 6.90. The number of rotatable bonds is 5. The Kier molecular flexibility index (Phi) is 4.62. The molecule has 2 rings (SSSR count). The van der Waals surface area contributed by atoms with Gasteiger partial charge in [0.2, 0.25) is 10.0 Å². The van der Waals surface area contributed by atoms with Crippen LogP contribution in [0.4, 0.5) is 0 Å². The van der Waals surface area contributed by atoms with Gasteiger partial charge in [0.25, 0.3) is 0 Å². The van der Waals surface area contributed by atoms with E-state index >= 15 is 0 Å². The summed E-state index contributed by atoms with van der Waals surface area (Å²) in [5.74, 6) is 0. The Hall–Kier alpha value is -1.17. The molecule has 4 nitrogen and oxygen atoms in total. The Morgan fingerprint density at radius 1 is 1.30 bits per heavy atom. The number of hydrogen-bond donors (Lipinski definition) is 1. The molecule has 1 heterocycles. The smallest absolute Gasteiger partial charge is 0.236 e. The maximum Gasteiger partial charge on any atom is 0.240 e. The second-order valence-electron chi connectivity index (χ2n) is 4.80. The van der Waals surface area contributed by atoms with Crippen molar-refractivity contribution in [2.24, 2.45) is 0 Å². The standard InChI is InChI=1S/C14H17ClN2O2S/c1-3-4-10(2)17-20(18,19)12-6-7-13-11(9-12)5-8-14(15)16-13/h5-10,17H,3-4H2,1-2H3. The number of pyridine rings is 1. The number of nitrogens with one attached hydrogen (secondary N) is 1. The van der Waals surface area contributed by atoms with E-state index in [1.807, 2.05) is 13.8 Å². The third kappa shape index (κ3) is 3.48. The van der Waals surface area contributed by atoms with E-state index in [1.165, 1.54) is 0 Å². The van der Waals surface area contributed by atoms with Gasteiger partial charge in [-0.2, -0.15) is 0 Å². The molecule has 20 heavy (non-hydrogen) atoms. The lowest BCUT2D eigenvalue weighted by Gasteiger charge is -2.13. The van der Waals surface area contributed by atoms with Crippen LogP contribution in [0.15, 0.2) is 35.2 Å². The van der Waals surface area contributed by atoms with Crippen molar-refractivity contribution in [3.63, 3.8) is 0 Å². The van der Waals surface area contributed by atoms with Crippen molar-refractivity contribution >= 4 is 32.5 Å². The number of sulfonamides is 1. The summed E-state index contributed by atoms with van der Waals surface area (Å²) in [5.41, 5.74) is 0.679. The SMILES string of the molecule is CCCC(C)NS(=O)(=O)c1ccc2nc(Cl)ccc2c1. The first-order chi connectivity index (χ1) is 9.42. The quantitative estimate of drug-likeness (QED) is 0.861. The maximum absolute atomic E-state index is 12.3. The van der Waals surface area contributed by atoms with E-state index < -0.39 is 10.0 Å². The minimum atomic E-state index is -3.49. The van der Waals surface area contributed by atoms with Gasteiger partial charge in [0, 0.05) is 11.4 Å². The average molecular weight is 313 g/mol. The monoisotopic (exact) mass is 312 g/mol. The Bertz CT molecular complexity index is 716. The number of benzene rings is 1. The summed E-state index contributed by atoms with van der Waals surface area (Å²) < 4.78 is 27.2. The molecule has 1 N–H and O–H groups in total. The zero-order valence-corrected chi connectivity index (χ0v) is 13.0. The molecular formula is C14H17ClN2O2S. The second kappa shape index (κ2) is 6.08. The van der Waals surface area contributed by atoms with Crippen LogP contribution >= 0.6 is 11.6 Å². The van der Waals surface area contributed by atoms with E-state index in [4.69, 9.17) is 11.6 Å². The van der Waals surface area contributed by atoms with Gasteiger partial charge >= 0.3 is 0 Å². The molecule has 1 atom stereocenters. The van der Waals surface area contributed by atoms with Crippen molar-refractivity contribution in [2.45, 2.75) is 37.6 Å². The number of aromatic nitrogens is 1. The van der Waals surface area contributed by atoms with Gasteiger partial charge in [0.1, 0.15) is 5.15 Å². The Morgan fingerprint density at radius 2 is 2.05 bits per heavy atom. The Labute approximate surface area is 124 Å². The van der Waals surface area contributed by atoms with Gasteiger partial charge < -0.3 is 0 Å². The molecule has 0 aliphatic rings. The van der Waals surface area contributed by atoms with E-state index in [0.29, 0.717) is 10.7 Å². The van der Waals surface area contributed by atoms with E-state index in [-0.39, 0.29) is 10.9 Å². The first kappa shape index (κ1) is 15.2. The average Bonchev–Trinajstić information content (AvgIpc) is 2.37. The fourth-order valence-corrected chi connectivity index (χ4v) is 3.54. The van der Waals surface area contributed by atoms with E-state index in [2.05, 4.69) is 9.71 Å². The zero-order valence-electron chi connectivity index (χ0n) is 11.4. The molecule has 2 aromatic rings. The van der Waals surface area contributed by atoms with Crippen molar-refractivity contribution in [3.8, 4) is 0 Å². The summed E-state index contributed by atoms with van der Waals surface area (Å²) in [6, 6.07) is 8.16. The predicted octanol–water partition coefficient (Wildman–Crippen LogP) is 3.36. The molecule has 1 aromatic heterocycles. The van der Waals surface area contributed by atoms with Crippen molar-refractivity contribution in [2.75, 3.05) is 0 Å². The van der Waals surface area contributed by atoms with Crippen LogP contribution in [0.2, 0.25) is 5.15 Å². The fraction of sp³-hybridized carbons (Fsp3) is 0.357. The normalized spacial score (nSPS) is 13.6. The van der Waals surface area contributed by atoms with Gasteiger partial charge in [-0.1, -0.05) is 24.9 Å². The van der Waals surface area contributed by atoms with Gasteiger partial charge in [-0.3, -0.25) is 0 Å². The van der Waals surface area contributed by atoms with Gasteiger partial charge in [0.05, 0.1) is 10.4 Å². The fourth-order valence-electron chi connectivity index (χ4n) is 2.07. The molecule has 0 amide bonds. The van der Waals surface area contributed by atoms with Crippen LogP contribution in [0.5, 0.6) is 0 Å². The summed E-state index contributed by atoms with van der Waals surface area (Å²) in [5, 5.41) is 1.14. The molecule has 1 aromatic carbocycles. The molecule has 0 saturated heterocycles. The molecule has 108 valence electrons. The van der Waals surface area contributed by atoms with Crippen molar-refractivity contribution in [3.05, 3.63) is 35.5 Å². The predicted molar refractivity (Wildman–Crippen MR) is 81.4 cm³/mol. The Morgan fingerprint density at radius 3 is 2.75 bits per heavy atom. The molecule has 1 unspecified atom stereocenters. The summed E-state index contributed by atoms with van der Waals surface area (Å²) in [4.78, 5) is 4.39. The number of hydrogen-bond acceptors (Lipinski definition) is 3. The molecular weight excluding hydrogens is 296 g/mol. The molecule has 0 fully saturated rings. The van der Waals surface area contributed by atoms with Crippen LogP contribution in [0.25, 0.3) is 10.9 Å². The highest BCUT2D eigenvalue weighted by molar-refractivity contribution is 7.89. The molecule has 0 spiro atoms. The van der Waals surface area contributed by atoms with Crippen LogP contribution < -0.4 is 4.72 Å². The number of halogens is 1. The van der Waals surface area contributed by atoms with Gasteiger partial charge in [-0.25, -0.2) is 18.1 Å². The number of fused-ring (bicyclic) bond motifs is 1. The number of nitrogens with zero attached hydrogens (tertiary/aromatic N) is 1. The highest BCUT2D eigenvalue weighted by atomic mass is 35.5. The van der Waals surface area contributed by atoms with Crippen LogP contribution in [0.1, 0.15) is 26.7 Å². The summed E-state index contributed by atoms with van der Waals surface area (Å²) >= 11 is 5.81. The molecule has 0 aliphatic heterocycles. The van der Waals surface area contributed by atoms with Crippen LogP contribution in [0.3, 0.4) is 0 Å².